The van der Waals surface area contributed by atoms with Crippen molar-refractivity contribution in [3.05, 3.63) is 30.1 Å². The summed E-state index contributed by atoms with van der Waals surface area (Å²) in [6.45, 7) is 4.66. The molecule has 116 valence electrons. The lowest BCUT2D eigenvalue weighted by atomic mass is 9.99. The molecule has 0 aliphatic rings. The minimum atomic E-state index is -0.520. The molecule has 1 aromatic rings. The van der Waals surface area contributed by atoms with Crippen LogP contribution in [0.25, 0.3) is 0 Å². The first-order valence-electron chi connectivity index (χ1n) is 7.23. The van der Waals surface area contributed by atoms with E-state index in [1.54, 1.807) is 12.4 Å². The molecule has 0 spiro atoms. The zero-order valence-corrected chi connectivity index (χ0v) is 12.6. The number of pyridine rings is 1. The lowest BCUT2D eigenvalue weighted by molar-refractivity contribution is -0.124. The normalized spacial score (nSPS) is 13.3. The lowest BCUT2D eigenvalue weighted by Crippen LogP contribution is -2.45. The molecule has 4 N–H and O–H groups in total. The monoisotopic (exact) mass is 292 g/mol. The van der Waals surface area contributed by atoms with E-state index in [2.05, 4.69) is 15.6 Å². The summed E-state index contributed by atoms with van der Waals surface area (Å²) in [5, 5.41) is 5.46. The molecule has 0 bridgehead atoms. The van der Waals surface area contributed by atoms with Gasteiger partial charge in [-0.1, -0.05) is 26.3 Å². The minimum Gasteiger partial charge on any atom is -0.354 e. The fraction of sp³-hybridized carbons (Fsp3) is 0.533. The van der Waals surface area contributed by atoms with Crippen molar-refractivity contribution in [1.82, 2.24) is 15.6 Å². The Labute approximate surface area is 125 Å². The summed E-state index contributed by atoms with van der Waals surface area (Å²) < 4.78 is 0. The fourth-order valence-electron chi connectivity index (χ4n) is 1.72. The number of nitrogens with zero attached hydrogens (tertiary/aromatic N) is 1. The molecule has 21 heavy (non-hydrogen) atoms. The van der Waals surface area contributed by atoms with Gasteiger partial charge in [0, 0.05) is 31.9 Å². The van der Waals surface area contributed by atoms with Crippen molar-refractivity contribution in [3.63, 3.8) is 0 Å². The van der Waals surface area contributed by atoms with E-state index in [-0.39, 0.29) is 24.2 Å². The number of aromatic nitrogens is 1. The molecule has 0 saturated carbocycles. The molecule has 2 amide bonds. The SMILES string of the molecule is CCC(C)C(N)C(=O)NCCC(=O)NCc1cccnc1. The quantitative estimate of drug-likeness (QED) is 0.653. The van der Waals surface area contributed by atoms with E-state index < -0.39 is 6.04 Å². The van der Waals surface area contributed by atoms with Gasteiger partial charge in [0.1, 0.15) is 0 Å². The summed E-state index contributed by atoms with van der Waals surface area (Å²) >= 11 is 0. The van der Waals surface area contributed by atoms with Gasteiger partial charge >= 0.3 is 0 Å². The van der Waals surface area contributed by atoms with Crippen LogP contribution >= 0.6 is 0 Å². The molecule has 0 saturated heterocycles. The van der Waals surface area contributed by atoms with Gasteiger partial charge in [0.25, 0.3) is 0 Å². The van der Waals surface area contributed by atoms with Crippen molar-refractivity contribution in [1.29, 1.82) is 0 Å². The molecule has 0 radical (unpaired) electrons. The van der Waals surface area contributed by atoms with Crippen LogP contribution in [-0.4, -0.2) is 29.4 Å². The van der Waals surface area contributed by atoms with Crippen LogP contribution in [0, 0.1) is 5.92 Å². The highest BCUT2D eigenvalue weighted by Gasteiger charge is 2.18. The molecule has 6 nitrogen and oxygen atoms in total. The fourth-order valence-corrected chi connectivity index (χ4v) is 1.72. The topological polar surface area (TPSA) is 97.1 Å². The average Bonchev–Trinajstić information content (AvgIpc) is 2.52. The van der Waals surface area contributed by atoms with Gasteiger partial charge in [0.15, 0.2) is 0 Å². The number of nitrogens with two attached hydrogens (primary N) is 1. The Hall–Kier alpha value is -1.95. The maximum atomic E-state index is 11.7. The van der Waals surface area contributed by atoms with Gasteiger partial charge in [-0.2, -0.15) is 0 Å². The Morgan fingerprint density at radius 2 is 2.14 bits per heavy atom. The standard InChI is InChI=1S/C15H24N4O2/c1-3-11(2)14(16)15(21)18-8-6-13(20)19-10-12-5-4-7-17-9-12/h4-5,7,9,11,14H,3,6,8,10,16H2,1-2H3,(H,18,21)(H,19,20). The summed E-state index contributed by atoms with van der Waals surface area (Å²) in [4.78, 5) is 27.3. The smallest absolute Gasteiger partial charge is 0.237 e. The van der Waals surface area contributed by atoms with Crippen molar-refractivity contribution < 1.29 is 9.59 Å². The van der Waals surface area contributed by atoms with E-state index in [0.29, 0.717) is 13.1 Å². The van der Waals surface area contributed by atoms with E-state index in [4.69, 9.17) is 5.73 Å². The Kier molecular flexibility index (Phi) is 7.39. The van der Waals surface area contributed by atoms with Crippen molar-refractivity contribution >= 4 is 11.8 Å². The van der Waals surface area contributed by atoms with Gasteiger partial charge < -0.3 is 16.4 Å². The van der Waals surface area contributed by atoms with E-state index in [0.717, 1.165) is 12.0 Å². The summed E-state index contributed by atoms with van der Waals surface area (Å²) in [6.07, 6.45) is 4.47. The van der Waals surface area contributed by atoms with Crippen LogP contribution in [0.4, 0.5) is 0 Å². The molecule has 0 aromatic carbocycles. The van der Waals surface area contributed by atoms with Crippen LogP contribution in [0.2, 0.25) is 0 Å². The highest BCUT2D eigenvalue weighted by Crippen LogP contribution is 2.04. The molecule has 0 aliphatic heterocycles. The highest BCUT2D eigenvalue weighted by molar-refractivity contribution is 5.82. The number of carbonyl (C=O) groups excluding carboxylic acids is 2. The zero-order valence-electron chi connectivity index (χ0n) is 12.6. The molecule has 0 aliphatic carbocycles. The summed E-state index contributed by atoms with van der Waals surface area (Å²) in [7, 11) is 0. The minimum absolute atomic E-state index is 0.115. The van der Waals surface area contributed by atoms with Gasteiger partial charge in [0.05, 0.1) is 6.04 Å². The number of nitrogens with one attached hydrogen (secondary N) is 2. The molecule has 2 atom stereocenters. The van der Waals surface area contributed by atoms with Gasteiger partial charge in [-0.05, 0) is 17.5 Å². The molecular weight excluding hydrogens is 268 g/mol. The van der Waals surface area contributed by atoms with Crippen molar-refractivity contribution in [3.8, 4) is 0 Å². The molecule has 1 heterocycles. The Morgan fingerprint density at radius 3 is 2.76 bits per heavy atom. The Balaban J connectivity index is 2.20. The second-order valence-electron chi connectivity index (χ2n) is 5.09. The predicted molar refractivity (Wildman–Crippen MR) is 81.1 cm³/mol. The third-order valence-corrected chi connectivity index (χ3v) is 3.42. The highest BCUT2D eigenvalue weighted by atomic mass is 16.2. The maximum Gasteiger partial charge on any atom is 0.237 e. The van der Waals surface area contributed by atoms with Crippen LogP contribution in [0.5, 0.6) is 0 Å². The first-order valence-corrected chi connectivity index (χ1v) is 7.23. The molecular formula is C15H24N4O2. The van der Waals surface area contributed by atoms with Gasteiger partial charge in [0.2, 0.25) is 11.8 Å². The molecule has 1 rings (SSSR count). The lowest BCUT2D eigenvalue weighted by Gasteiger charge is -2.17. The van der Waals surface area contributed by atoms with E-state index in [9.17, 15) is 9.59 Å². The third kappa shape index (κ3) is 6.35. The Bertz CT molecular complexity index is 450. The first kappa shape index (κ1) is 17.1. The second-order valence-corrected chi connectivity index (χ2v) is 5.09. The van der Waals surface area contributed by atoms with Gasteiger partial charge in [-0.15, -0.1) is 0 Å². The molecule has 2 unspecified atom stereocenters. The summed E-state index contributed by atoms with van der Waals surface area (Å²) in [5.41, 5.74) is 6.74. The van der Waals surface area contributed by atoms with Crippen molar-refractivity contribution in [2.75, 3.05) is 6.54 Å². The van der Waals surface area contributed by atoms with Crippen LogP contribution in [-0.2, 0) is 16.1 Å². The summed E-state index contributed by atoms with van der Waals surface area (Å²) in [5.74, 6) is -0.190. The Morgan fingerprint density at radius 1 is 1.38 bits per heavy atom. The van der Waals surface area contributed by atoms with Gasteiger partial charge in [-0.25, -0.2) is 0 Å². The van der Waals surface area contributed by atoms with Crippen LogP contribution < -0.4 is 16.4 Å². The molecule has 0 fully saturated rings. The van der Waals surface area contributed by atoms with Gasteiger partial charge in [-0.3, -0.25) is 14.6 Å². The van der Waals surface area contributed by atoms with E-state index in [1.807, 2.05) is 26.0 Å². The number of amides is 2. The maximum absolute atomic E-state index is 11.7. The first-order chi connectivity index (χ1) is 10.0. The van der Waals surface area contributed by atoms with Crippen molar-refractivity contribution in [2.45, 2.75) is 39.3 Å². The number of hydrogen-bond acceptors (Lipinski definition) is 4. The second kappa shape index (κ2) is 9.07. The number of carbonyl (C=O) groups is 2. The third-order valence-electron chi connectivity index (χ3n) is 3.42. The van der Waals surface area contributed by atoms with Crippen LogP contribution in [0.1, 0.15) is 32.3 Å². The predicted octanol–water partition coefficient (Wildman–Crippen LogP) is 0.578. The van der Waals surface area contributed by atoms with Crippen molar-refractivity contribution in [2.24, 2.45) is 11.7 Å². The molecule has 6 heteroatoms. The number of rotatable bonds is 8. The van der Waals surface area contributed by atoms with E-state index in [1.165, 1.54) is 0 Å². The van der Waals surface area contributed by atoms with E-state index >= 15 is 0 Å². The molecule has 1 aromatic heterocycles. The zero-order chi connectivity index (χ0) is 15.7. The van der Waals surface area contributed by atoms with Crippen LogP contribution in [0.15, 0.2) is 24.5 Å². The van der Waals surface area contributed by atoms with Crippen LogP contribution in [0.3, 0.4) is 0 Å². The number of hydrogen-bond donors (Lipinski definition) is 3. The average molecular weight is 292 g/mol. The summed E-state index contributed by atoms with van der Waals surface area (Å²) in [6, 6.07) is 3.19. The largest absolute Gasteiger partial charge is 0.354 e.